The highest BCUT2D eigenvalue weighted by molar-refractivity contribution is 6.05. The number of likely N-dealkylation sites (tertiary alicyclic amines) is 1. The van der Waals surface area contributed by atoms with Crippen molar-refractivity contribution in [2.45, 2.75) is 38.6 Å². The summed E-state index contributed by atoms with van der Waals surface area (Å²) in [7, 11) is 0. The zero-order valence-corrected chi connectivity index (χ0v) is 8.90. The lowest BCUT2D eigenvalue weighted by Crippen LogP contribution is -2.38. The van der Waals surface area contributed by atoms with Crippen molar-refractivity contribution in [2.24, 2.45) is 11.8 Å². The van der Waals surface area contributed by atoms with Gasteiger partial charge in [0.2, 0.25) is 11.8 Å². The van der Waals surface area contributed by atoms with Crippen LogP contribution >= 0.6 is 0 Å². The van der Waals surface area contributed by atoms with Crippen LogP contribution in [0.3, 0.4) is 0 Å². The Morgan fingerprint density at radius 1 is 1.27 bits per heavy atom. The lowest BCUT2D eigenvalue weighted by atomic mass is 9.81. The van der Waals surface area contributed by atoms with E-state index in [2.05, 4.69) is 5.92 Å². The molecular formula is C12H15NO2. The standard InChI is InChI=1S/C12H15NO2/c1-3-8(2)13-11(14)9-6-4-5-7-10(9)12(13)15/h1,8-10H,4-7H2,2H3. The second-order valence-electron chi connectivity index (χ2n) is 4.39. The first-order valence-electron chi connectivity index (χ1n) is 5.50. The van der Waals surface area contributed by atoms with Gasteiger partial charge in [-0.2, -0.15) is 0 Å². The normalized spacial score (nSPS) is 32.4. The van der Waals surface area contributed by atoms with E-state index in [4.69, 9.17) is 6.42 Å². The highest BCUT2D eigenvalue weighted by atomic mass is 16.2. The summed E-state index contributed by atoms with van der Waals surface area (Å²) < 4.78 is 0. The maximum Gasteiger partial charge on any atom is 0.234 e. The van der Waals surface area contributed by atoms with Gasteiger partial charge in [-0.05, 0) is 19.8 Å². The van der Waals surface area contributed by atoms with Gasteiger partial charge in [0.1, 0.15) is 0 Å². The quantitative estimate of drug-likeness (QED) is 0.476. The van der Waals surface area contributed by atoms with Gasteiger partial charge in [0.15, 0.2) is 0 Å². The van der Waals surface area contributed by atoms with Crippen LogP contribution < -0.4 is 0 Å². The summed E-state index contributed by atoms with van der Waals surface area (Å²) in [5.41, 5.74) is 0. The first-order chi connectivity index (χ1) is 7.16. The van der Waals surface area contributed by atoms with E-state index in [-0.39, 0.29) is 23.7 Å². The van der Waals surface area contributed by atoms with E-state index in [0.29, 0.717) is 0 Å². The average molecular weight is 205 g/mol. The molecule has 3 nitrogen and oxygen atoms in total. The summed E-state index contributed by atoms with van der Waals surface area (Å²) in [5.74, 6) is 2.21. The molecule has 1 aliphatic heterocycles. The molecule has 0 bridgehead atoms. The second-order valence-corrected chi connectivity index (χ2v) is 4.39. The Kier molecular flexibility index (Phi) is 2.52. The molecular weight excluding hydrogens is 190 g/mol. The van der Waals surface area contributed by atoms with Crippen LogP contribution in [0.25, 0.3) is 0 Å². The molecule has 0 radical (unpaired) electrons. The number of amides is 2. The van der Waals surface area contributed by atoms with Crippen molar-refractivity contribution < 1.29 is 9.59 Å². The average Bonchev–Trinajstić information content (AvgIpc) is 2.52. The molecule has 80 valence electrons. The Labute approximate surface area is 89.8 Å². The summed E-state index contributed by atoms with van der Waals surface area (Å²) in [6.45, 7) is 1.73. The molecule has 0 N–H and O–H groups in total. The van der Waals surface area contributed by atoms with Gasteiger partial charge in [0, 0.05) is 0 Å². The fourth-order valence-corrected chi connectivity index (χ4v) is 2.64. The van der Waals surface area contributed by atoms with Crippen LogP contribution in [-0.2, 0) is 9.59 Å². The first kappa shape index (κ1) is 10.2. The molecule has 2 rings (SSSR count). The number of carbonyl (C=O) groups excluding carboxylic acids is 2. The summed E-state index contributed by atoms with van der Waals surface area (Å²) in [5, 5.41) is 0. The van der Waals surface area contributed by atoms with Crippen molar-refractivity contribution in [1.29, 1.82) is 0 Å². The van der Waals surface area contributed by atoms with Gasteiger partial charge < -0.3 is 0 Å². The molecule has 3 atom stereocenters. The molecule has 1 heterocycles. The zero-order valence-electron chi connectivity index (χ0n) is 8.90. The highest BCUT2D eigenvalue weighted by Crippen LogP contribution is 2.38. The van der Waals surface area contributed by atoms with Crippen molar-refractivity contribution in [1.82, 2.24) is 4.90 Å². The van der Waals surface area contributed by atoms with Gasteiger partial charge in [-0.3, -0.25) is 14.5 Å². The van der Waals surface area contributed by atoms with E-state index in [1.165, 1.54) is 4.90 Å². The summed E-state index contributed by atoms with van der Waals surface area (Å²) in [6.07, 6.45) is 9.08. The Bertz CT molecular complexity index is 318. The van der Waals surface area contributed by atoms with Crippen LogP contribution in [-0.4, -0.2) is 22.8 Å². The van der Waals surface area contributed by atoms with Crippen LogP contribution in [0, 0.1) is 24.2 Å². The fraction of sp³-hybridized carbons (Fsp3) is 0.667. The molecule has 1 saturated carbocycles. The molecule has 2 fully saturated rings. The van der Waals surface area contributed by atoms with Gasteiger partial charge in [-0.25, -0.2) is 0 Å². The summed E-state index contributed by atoms with van der Waals surface area (Å²) >= 11 is 0. The van der Waals surface area contributed by atoms with E-state index < -0.39 is 6.04 Å². The minimum absolute atomic E-state index is 0.0462. The molecule has 1 aliphatic carbocycles. The third-order valence-corrected chi connectivity index (χ3v) is 3.50. The zero-order chi connectivity index (χ0) is 11.0. The molecule has 0 aromatic rings. The topological polar surface area (TPSA) is 37.4 Å². The van der Waals surface area contributed by atoms with Crippen molar-refractivity contribution in [3.63, 3.8) is 0 Å². The smallest absolute Gasteiger partial charge is 0.234 e. The number of fused-ring (bicyclic) bond motifs is 1. The number of imide groups is 1. The fourth-order valence-electron chi connectivity index (χ4n) is 2.64. The second kappa shape index (κ2) is 3.69. The minimum atomic E-state index is -0.393. The molecule has 3 heteroatoms. The van der Waals surface area contributed by atoms with Gasteiger partial charge in [0.25, 0.3) is 0 Å². The molecule has 15 heavy (non-hydrogen) atoms. The van der Waals surface area contributed by atoms with E-state index in [0.717, 1.165) is 25.7 Å². The van der Waals surface area contributed by atoms with Crippen molar-refractivity contribution >= 4 is 11.8 Å². The number of carbonyl (C=O) groups is 2. The van der Waals surface area contributed by atoms with Gasteiger partial charge >= 0.3 is 0 Å². The van der Waals surface area contributed by atoms with Crippen LogP contribution in [0.2, 0.25) is 0 Å². The lowest BCUT2D eigenvalue weighted by Gasteiger charge is -2.19. The minimum Gasteiger partial charge on any atom is -0.274 e. The number of hydrogen-bond donors (Lipinski definition) is 0. The monoisotopic (exact) mass is 205 g/mol. The maximum absolute atomic E-state index is 12.0. The lowest BCUT2D eigenvalue weighted by molar-refractivity contribution is -0.141. The third kappa shape index (κ3) is 1.45. The SMILES string of the molecule is C#CC(C)N1C(=O)C2CCCCC2C1=O. The van der Waals surface area contributed by atoms with Crippen LogP contribution in [0.15, 0.2) is 0 Å². The van der Waals surface area contributed by atoms with E-state index in [9.17, 15) is 9.59 Å². The van der Waals surface area contributed by atoms with Gasteiger partial charge in [-0.1, -0.05) is 18.8 Å². The molecule has 0 aromatic carbocycles. The maximum atomic E-state index is 12.0. The summed E-state index contributed by atoms with van der Waals surface area (Å²) in [6, 6.07) is -0.393. The predicted molar refractivity (Wildman–Crippen MR) is 55.6 cm³/mol. The van der Waals surface area contributed by atoms with Gasteiger partial charge in [-0.15, -0.1) is 6.42 Å². The molecule has 0 spiro atoms. The number of rotatable bonds is 1. The molecule has 0 aromatic heterocycles. The number of nitrogens with zero attached hydrogens (tertiary/aromatic N) is 1. The number of hydrogen-bond acceptors (Lipinski definition) is 2. The Morgan fingerprint density at radius 2 is 1.73 bits per heavy atom. The third-order valence-electron chi connectivity index (χ3n) is 3.50. The Morgan fingerprint density at radius 3 is 2.13 bits per heavy atom. The Hall–Kier alpha value is -1.30. The van der Waals surface area contributed by atoms with Crippen LogP contribution in [0.5, 0.6) is 0 Å². The highest BCUT2D eigenvalue weighted by Gasteiger charge is 2.49. The van der Waals surface area contributed by atoms with Crippen molar-refractivity contribution in [3.8, 4) is 12.3 Å². The van der Waals surface area contributed by atoms with Crippen molar-refractivity contribution in [2.75, 3.05) is 0 Å². The van der Waals surface area contributed by atoms with Crippen LogP contribution in [0.1, 0.15) is 32.6 Å². The molecule has 2 aliphatic rings. The van der Waals surface area contributed by atoms with E-state index in [1.54, 1.807) is 6.92 Å². The van der Waals surface area contributed by atoms with E-state index >= 15 is 0 Å². The largest absolute Gasteiger partial charge is 0.274 e. The predicted octanol–water partition coefficient (Wildman–Crippen LogP) is 1.18. The number of terminal acetylenes is 1. The Balaban J connectivity index is 2.26. The first-order valence-corrected chi connectivity index (χ1v) is 5.50. The molecule has 3 unspecified atom stereocenters. The van der Waals surface area contributed by atoms with Gasteiger partial charge in [0.05, 0.1) is 17.9 Å². The van der Waals surface area contributed by atoms with Crippen molar-refractivity contribution in [3.05, 3.63) is 0 Å². The van der Waals surface area contributed by atoms with E-state index in [1.807, 2.05) is 0 Å². The molecule has 1 saturated heterocycles. The molecule has 2 amide bonds. The summed E-state index contributed by atoms with van der Waals surface area (Å²) in [4.78, 5) is 25.2. The van der Waals surface area contributed by atoms with Crippen LogP contribution in [0.4, 0.5) is 0 Å².